The molecule has 0 radical (unpaired) electrons. The zero-order valence-corrected chi connectivity index (χ0v) is 14.5. The van der Waals surface area contributed by atoms with Gasteiger partial charge in [-0.2, -0.15) is 0 Å². The lowest BCUT2D eigenvalue weighted by Gasteiger charge is -2.34. The molecule has 0 heterocycles. The van der Waals surface area contributed by atoms with Crippen LogP contribution in [0.4, 0.5) is 0 Å². The highest BCUT2D eigenvalue weighted by atomic mass is 15.0. The molecule has 0 saturated heterocycles. The average molecular weight is 287 g/mol. The van der Waals surface area contributed by atoms with Crippen molar-refractivity contribution in [3.63, 3.8) is 0 Å². The van der Waals surface area contributed by atoms with E-state index in [1.54, 1.807) is 5.56 Å². The number of hydrogen-bond acceptors (Lipinski definition) is 1. The predicted octanol–water partition coefficient (Wildman–Crippen LogP) is 5.18. The maximum absolute atomic E-state index is 3.81. The van der Waals surface area contributed by atoms with Gasteiger partial charge in [-0.05, 0) is 62.5 Å². The van der Waals surface area contributed by atoms with Crippen LogP contribution in [-0.2, 0) is 6.42 Å². The van der Waals surface area contributed by atoms with Gasteiger partial charge in [0.2, 0.25) is 0 Å². The first kappa shape index (κ1) is 16.5. The number of benzene rings is 1. The van der Waals surface area contributed by atoms with Crippen LogP contribution in [0.5, 0.6) is 0 Å². The molecule has 0 amide bonds. The summed E-state index contributed by atoms with van der Waals surface area (Å²) in [6, 6.07) is 7.75. The summed E-state index contributed by atoms with van der Waals surface area (Å²) in [7, 11) is 0. The molecule has 0 bridgehead atoms. The van der Waals surface area contributed by atoms with E-state index >= 15 is 0 Å². The molecular formula is C20H33N. The third-order valence-corrected chi connectivity index (χ3v) is 5.22. The van der Waals surface area contributed by atoms with Gasteiger partial charge in [0.15, 0.2) is 0 Å². The highest BCUT2D eigenvalue weighted by Gasteiger charge is 2.31. The summed E-state index contributed by atoms with van der Waals surface area (Å²) in [6.45, 7) is 10.4. The topological polar surface area (TPSA) is 12.0 Å². The molecule has 1 aromatic carbocycles. The first-order chi connectivity index (χ1) is 10.1. The Morgan fingerprint density at radius 3 is 2.57 bits per heavy atom. The van der Waals surface area contributed by atoms with Crippen LogP contribution >= 0.6 is 0 Å². The summed E-state index contributed by atoms with van der Waals surface area (Å²) in [5.74, 6) is 0. The van der Waals surface area contributed by atoms with Gasteiger partial charge in [0.25, 0.3) is 0 Å². The van der Waals surface area contributed by atoms with E-state index in [9.17, 15) is 0 Å². The third-order valence-electron chi connectivity index (χ3n) is 5.22. The lowest BCUT2D eigenvalue weighted by molar-refractivity contribution is 0.228. The van der Waals surface area contributed by atoms with Crippen LogP contribution in [0.25, 0.3) is 0 Å². The van der Waals surface area contributed by atoms with Crippen LogP contribution in [0.1, 0.15) is 69.1 Å². The molecule has 1 heteroatoms. The molecule has 1 saturated carbocycles. The smallest absolute Gasteiger partial charge is 0.00684 e. The SMILES string of the molecule is CCCCC(CC)(CNC1CC1)Cc1cc(C)ccc1C. The van der Waals surface area contributed by atoms with Gasteiger partial charge in [0.05, 0.1) is 0 Å². The highest BCUT2D eigenvalue weighted by molar-refractivity contribution is 5.31. The van der Waals surface area contributed by atoms with E-state index in [0.717, 1.165) is 6.04 Å². The van der Waals surface area contributed by atoms with Crippen molar-refractivity contribution in [2.45, 2.75) is 78.7 Å². The molecule has 1 fully saturated rings. The zero-order chi connectivity index (χ0) is 15.3. The molecule has 0 spiro atoms. The van der Waals surface area contributed by atoms with E-state index in [1.165, 1.54) is 62.6 Å². The summed E-state index contributed by atoms with van der Waals surface area (Å²) in [5.41, 5.74) is 4.86. The Kier molecular flexibility index (Phi) is 5.87. The van der Waals surface area contributed by atoms with Crippen LogP contribution in [-0.4, -0.2) is 12.6 Å². The monoisotopic (exact) mass is 287 g/mol. The van der Waals surface area contributed by atoms with Gasteiger partial charge in [0, 0.05) is 12.6 Å². The van der Waals surface area contributed by atoms with Crippen molar-refractivity contribution in [2.75, 3.05) is 6.54 Å². The lowest BCUT2D eigenvalue weighted by atomic mass is 9.74. The number of hydrogen-bond donors (Lipinski definition) is 1. The Labute approximate surface area is 131 Å². The van der Waals surface area contributed by atoms with Crippen molar-refractivity contribution in [1.82, 2.24) is 5.32 Å². The molecule has 0 aliphatic heterocycles. The summed E-state index contributed by atoms with van der Waals surface area (Å²) in [4.78, 5) is 0. The van der Waals surface area contributed by atoms with E-state index in [-0.39, 0.29) is 0 Å². The number of unbranched alkanes of at least 4 members (excludes halogenated alkanes) is 1. The number of rotatable bonds is 9. The maximum Gasteiger partial charge on any atom is 0.00684 e. The Morgan fingerprint density at radius 1 is 1.19 bits per heavy atom. The third kappa shape index (κ3) is 4.85. The molecule has 1 aliphatic carbocycles. The average Bonchev–Trinajstić information content (AvgIpc) is 3.30. The fourth-order valence-corrected chi connectivity index (χ4v) is 3.26. The Balaban J connectivity index is 2.13. The fourth-order valence-electron chi connectivity index (χ4n) is 3.26. The molecule has 21 heavy (non-hydrogen) atoms. The summed E-state index contributed by atoms with van der Waals surface area (Å²) < 4.78 is 0. The van der Waals surface area contributed by atoms with Gasteiger partial charge in [-0.25, -0.2) is 0 Å². The Morgan fingerprint density at radius 2 is 1.95 bits per heavy atom. The van der Waals surface area contributed by atoms with Crippen molar-refractivity contribution in [3.05, 3.63) is 34.9 Å². The molecule has 2 rings (SSSR count). The second-order valence-corrected chi connectivity index (χ2v) is 7.22. The van der Waals surface area contributed by atoms with Crippen molar-refractivity contribution in [3.8, 4) is 0 Å². The summed E-state index contributed by atoms with van der Waals surface area (Å²) >= 11 is 0. The molecule has 118 valence electrons. The second-order valence-electron chi connectivity index (χ2n) is 7.22. The maximum atomic E-state index is 3.81. The second kappa shape index (κ2) is 7.45. The van der Waals surface area contributed by atoms with E-state index in [4.69, 9.17) is 0 Å². The van der Waals surface area contributed by atoms with Gasteiger partial charge in [-0.15, -0.1) is 0 Å². The summed E-state index contributed by atoms with van der Waals surface area (Å²) in [6.07, 6.45) is 9.29. The van der Waals surface area contributed by atoms with Gasteiger partial charge >= 0.3 is 0 Å². The quantitative estimate of drug-likeness (QED) is 0.659. The Bertz CT molecular complexity index is 447. The lowest BCUT2D eigenvalue weighted by Crippen LogP contribution is -2.37. The standard InChI is InChI=1S/C20H33N/c1-5-7-12-20(6-2,15-21-19-10-11-19)14-18-13-16(3)8-9-17(18)4/h8-9,13,19,21H,5-7,10-12,14-15H2,1-4H3. The molecule has 1 aromatic rings. The Hall–Kier alpha value is -0.820. The minimum absolute atomic E-state index is 0.442. The molecule has 0 aromatic heterocycles. The first-order valence-corrected chi connectivity index (χ1v) is 8.88. The molecule has 1 unspecified atom stereocenters. The molecular weight excluding hydrogens is 254 g/mol. The molecule has 1 aliphatic rings. The van der Waals surface area contributed by atoms with Crippen molar-refractivity contribution in [1.29, 1.82) is 0 Å². The van der Waals surface area contributed by atoms with Gasteiger partial charge in [0.1, 0.15) is 0 Å². The first-order valence-electron chi connectivity index (χ1n) is 8.88. The summed E-state index contributed by atoms with van der Waals surface area (Å²) in [5, 5.41) is 3.81. The van der Waals surface area contributed by atoms with Crippen LogP contribution < -0.4 is 5.32 Å². The van der Waals surface area contributed by atoms with Crippen LogP contribution in [0.15, 0.2) is 18.2 Å². The number of aryl methyl sites for hydroxylation is 2. The van der Waals surface area contributed by atoms with Gasteiger partial charge in [-0.3, -0.25) is 0 Å². The minimum atomic E-state index is 0.442. The zero-order valence-electron chi connectivity index (χ0n) is 14.5. The van der Waals surface area contributed by atoms with Gasteiger partial charge < -0.3 is 5.32 Å². The highest BCUT2D eigenvalue weighted by Crippen LogP contribution is 2.35. The van der Waals surface area contributed by atoms with E-state index in [1.807, 2.05) is 0 Å². The van der Waals surface area contributed by atoms with Crippen LogP contribution in [0.3, 0.4) is 0 Å². The van der Waals surface area contributed by atoms with Crippen molar-refractivity contribution in [2.24, 2.45) is 5.41 Å². The van der Waals surface area contributed by atoms with Crippen molar-refractivity contribution < 1.29 is 0 Å². The van der Waals surface area contributed by atoms with E-state index in [0.29, 0.717) is 5.41 Å². The normalized spacial score (nSPS) is 17.7. The predicted molar refractivity (Wildman–Crippen MR) is 92.9 cm³/mol. The van der Waals surface area contributed by atoms with E-state index < -0.39 is 0 Å². The van der Waals surface area contributed by atoms with Crippen LogP contribution in [0, 0.1) is 19.3 Å². The number of nitrogens with one attached hydrogen (secondary N) is 1. The minimum Gasteiger partial charge on any atom is -0.313 e. The van der Waals surface area contributed by atoms with Crippen molar-refractivity contribution >= 4 is 0 Å². The van der Waals surface area contributed by atoms with Gasteiger partial charge in [-0.1, -0.05) is 50.5 Å². The van der Waals surface area contributed by atoms with E-state index in [2.05, 4.69) is 51.2 Å². The molecule has 1 nitrogen and oxygen atoms in total. The van der Waals surface area contributed by atoms with Crippen LogP contribution in [0.2, 0.25) is 0 Å². The largest absolute Gasteiger partial charge is 0.313 e. The molecule has 1 atom stereocenters. The fraction of sp³-hybridized carbons (Fsp3) is 0.700. The molecule has 1 N–H and O–H groups in total.